The summed E-state index contributed by atoms with van der Waals surface area (Å²) in [5, 5.41) is 0. The minimum atomic E-state index is 0. The molecule has 0 aliphatic heterocycles. The van der Waals surface area contributed by atoms with Gasteiger partial charge in [-0.25, -0.2) is 0 Å². The highest BCUT2D eigenvalue weighted by molar-refractivity contribution is 5.85. The van der Waals surface area contributed by atoms with Crippen molar-refractivity contribution in [3.8, 4) is 5.75 Å². The van der Waals surface area contributed by atoms with Gasteiger partial charge in [-0.05, 0) is 67.8 Å². The van der Waals surface area contributed by atoms with E-state index in [0.29, 0.717) is 0 Å². The predicted molar refractivity (Wildman–Crippen MR) is 104 cm³/mol. The Morgan fingerprint density at radius 3 is 2.54 bits per heavy atom. The van der Waals surface area contributed by atoms with E-state index in [1.165, 1.54) is 22.3 Å². The number of hydrogen-bond acceptors (Lipinski definition) is 2. The molecule has 3 rings (SSSR count). The fourth-order valence-corrected chi connectivity index (χ4v) is 3.42. The summed E-state index contributed by atoms with van der Waals surface area (Å²) in [5.74, 6) is 0.932. The maximum absolute atomic E-state index is 5.38. The van der Waals surface area contributed by atoms with Crippen LogP contribution in [0, 0.1) is 0 Å². The fourth-order valence-electron chi connectivity index (χ4n) is 3.42. The average Bonchev–Trinajstić information content (AvgIpc) is 2.57. The first-order chi connectivity index (χ1) is 11.2. The van der Waals surface area contributed by atoms with Crippen molar-refractivity contribution < 1.29 is 4.74 Å². The number of nitrogens with zero attached hydrogens (tertiary/aromatic N) is 1. The Morgan fingerprint density at radius 1 is 1.00 bits per heavy atom. The highest BCUT2D eigenvalue weighted by Crippen LogP contribution is 2.34. The van der Waals surface area contributed by atoms with E-state index in [1.54, 1.807) is 12.7 Å². The summed E-state index contributed by atoms with van der Waals surface area (Å²) in [7, 11) is 6.03. The third-order valence-electron chi connectivity index (χ3n) is 4.49. The molecule has 0 bridgehead atoms. The number of halogens is 1. The lowest BCUT2D eigenvalue weighted by Gasteiger charge is -2.26. The van der Waals surface area contributed by atoms with E-state index in [4.69, 9.17) is 4.74 Å². The van der Waals surface area contributed by atoms with Gasteiger partial charge in [0.15, 0.2) is 0 Å². The SMILES string of the molecule is COc1cccc(CC2=C(CN(C)C)CCc3ccccc32)c1.Cl. The summed E-state index contributed by atoms with van der Waals surface area (Å²) in [4.78, 5) is 2.27. The first kappa shape index (κ1) is 18.6. The molecule has 0 radical (unpaired) electrons. The van der Waals surface area contributed by atoms with Gasteiger partial charge in [-0.3, -0.25) is 0 Å². The lowest BCUT2D eigenvalue weighted by atomic mass is 9.82. The summed E-state index contributed by atoms with van der Waals surface area (Å²) in [6, 6.07) is 17.3. The normalized spacial score (nSPS) is 13.5. The molecule has 1 aliphatic rings. The molecule has 0 heterocycles. The summed E-state index contributed by atoms with van der Waals surface area (Å²) < 4.78 is 5.38. The minimum absolute atomic E-state index is 0. The second kappa shape index (κ2) is 8.36. The number of hydrogen-bond donors (Lipinski definition) is 0. The maximum atomic E-state index is 5.38. The molecule has 3 heteroatoms. The van der Waals surface area contributed by atoms with Gasteiger partial charge in [0, 0.05) is 6.54 Å². The van der Waals surface area contributed by atoms with Crippen LogP contribution in [-0.2, 0) is 12.8 Å². The van der Waals surface area contributed by atoms with E-state index in [1.807, 2.05) is 6.07 Å². The van der Waals surface area contributed by atoms with E-state index in [2.05, 4.69) is 61.5 Å². The van der Waals surface area contributed by atoms with Crippen LogP contribution in [0.5, 0.6) is 5.75 Å². The van der Waals surface area contributed by atoms with E-state index in [0.717, 1.165) is 31.6 Å². The molecule has 24 heavy (non-hydrogen) atoms. The zero-order valence-electron chi connectivity index (χ0n) is 14.7. The molecule has 0 unspecified atom stereocenters. The van der Waals surface area contributed by atoms with Gasteiger partial charge in [-0.1, -0.05) is 42.0 Å². The largest absolute Gasteiger partial charge is 0.497 e. The van der Waals surface area contributed by atoms with Gasteiger partial charge >= 0.3 is 0 Å². The average molecular weight is 344 g/mol. The number of allylic oxidation sites excluding steroid dienone is 1. The molecular weight excluding hydrogens is 318 g/mol. The Kier molecular flexibility index (Phi) is 6.47. The molecule has 128 valence electrons. The molecule has 0 saturated carbocycles. The molecule has 0 spiro atoms. The molecule has 0 N–H and O–H groups in total. The molecule has 0 atom stereocenters. The minimum Gasteiger partial charge on any atom is -0.497 e. The van der Waals surface area contributed by atoms with Crippen LogP contribution in [0.2, 0.25) is 0 Å². The Bertz CT molecular complexity index is 721. The van der Waals surface area contributed by atoms with Crippen molar-refractivity contribution in [3.63, 3.8) is 0 Å². The Labute approximate surface area is 151 Å². The second-order valence-corrected chi connectivity index (χ2v) is 6.51. The molecule has 1 aliphatic carbocycles. The highest BCUT2D eigenvalue weighted by Gasteiger charge is 2.19. The monoisotopic (exact) mass is 343 g/mol. The summed E-state index contributed by atoms with van der Waals surface area (Å²) in [6.45, 7) is 1.04. The third kappa shape index (κ3) is 4.19. The van der Waals surface area contributed by atoms with Gasteiger partial charge < -0.3 is 9.64 Å². The third-order valence-corrected chi connectivity index (χ3v) is 4.49. The first-order valence-electron chi connectivity index (χ1n) is 8.24. The fraction of sp³-hybridized carbons (Fsp3) is 0.333. The van der Waals surface area contributed by atoms with Crippen molar-refractivity contribution in [2.75, 3.05) is 27.7 Å². The summed E-state index contributed by atoms with van der Waals surface area (Å²) in [5.41, 5.74) is 7.28. The quantitative estimate of drug-likeness (QED) is 0.785. The zero-order valence-corrected chi connectivity index (χ0v) is 15.5. The molecule has 2 nitrogen and oxygen atoms in total. The standard InChI is InChI=1S/C21H25NO.ClH/c1-22(2)15-18-12-11-17-8-4-5-10-20(17)21(18)14-16-7-6-9-19(13-16)23-3;/h4-10,13H,11-12,14-15H2,1-3H3;1H. The van der Waals surface area contributed by atoms with E-state index in [9.17, 15) is 0 Å². The molecule has 2 aromatic carbocycles. The number of rotatable bonds is 5. The number of aryl methyl sites for hydroxylation is 1. The second-order valence-electron chi connectivity index (χ2n) is 6.51. The molecule has 0 saturated heterocycles. The maximum Gasteiger partial charge on any atom is 0.119 e. The van der Waals surface area contributed by atoms with E-state index in [-0.39, 0.29) is 12.4 Å². The molecule has 0 aromatic heterocycles. The molecule has 2 aromatic rings. The van der Waals surface area contributed by atoms with Crippen LogP contribution in [0.15, 0.2) is 54.1 Å². The van der Waals surface area contributed by atoms with Crippen LogP contribution in [0.1, 0.15) is 23.1 Å². The van der Waals surface area contributed by atoms with Crippen molar-refractivity contribution in [2.24, 2.45) is 0 Å². The Balaban J connectivity index is 0.00000208. The molecule has 0 amide bonds. The topological polar surface area (TPSA) is 12.5 Å². The van der Waals surface area contributed by atoms with Crippen molar-refractivity contribution in [1.82, 2.24) is 4.90 Å². The lowest BCUT2D eigenvalue weighted by molar-refractivity contribution is 0.414. The van der Waals surface area contributed by atoms with Gasteiger partial charge in [0.05, 0.1) is 7.11 Å². The number of methoxy groups -OCH3 is 1. The highest BCUT2D eigenvalue weighted by atomic mass is 35.5. The Hall–Kier alpha value is -1.77. The van der Waals surface area contributed by atoms with Gasteiger partial charge in [0.2, 0.25) is 0 Å². The van der Waals surface area contributed by atoms with Crippen molar-refractivity contribution in [3.05, 3.63) is 70.8 Å². The van der Waals surface area contributed by atoms with Crippen LogP contribution in [0.25, 0.3) is 5.57 Å². The van der Waals surface area contributed by atoms with Crippen molar-refractivity contribution in [1.29, 1.82) is 0 Å². The first-order valence-corrected chi connectivity index (χ1v) is 8.24. The predicted octanol–water partition coefficient (Wildman–Crippen LogP) is 4.62. The smallest absolute Gasteiger partial charge is 0.119 e. The number of likely N-dealkylation sites (N-methyl/N-ethyl adjacent to an activating group) is 1. The molecule has 0 fully saturated rings. The summed E-state index contributed by atoms with van der Waals surface area (Å²) >= 11 is 0. The number of fused-ring (bicyclic) bond motifs is 1. The zero-order chi connectivity index (χ0) is 16.2. The van der Waals surface area contributed by atoms with Crippen LogP contribution in [0.4, 0.5) is 0 Å². The van der Waals surface area contributed by atoms with Gasteiger partial charge in [0.25, 0.3) is 0 Å². The van der Waals surface area contributed by atoms with Crippen LogP contribution >= 0.6 is 12.4 Å². The lowest BCUT2D eigenvalue weighted by Crippen LogP contribution is -2.19. The van der Waals surface area contributed by atoms with E-state index < -0.39 is 0 Å². The van der Waals surface area contributed by atoms with Crippen LogP contribution in [0.3, 0.4) is 0 Å². The van der Waals surface area contributed by atoms with Crippen molar-refractivity contribution in [2.45, 2.75) is 19.3 Å². The van der Waals surface area contributed by atoms with Crippen molar-refractivity contribution >= 4 is 18.0 Å². The summed E-state index contributed by atoms with van der Waals surface area (Å²) in [6.07, 6.45) is 3.28. The van der Waals surface area contributed by atoms with Gasteiger partial charge in [0.1, 0.15) is 5.75 Å². The number of benzene rings is 2. The van der Waals surface area contributed by atoms with E-state index >= 15 is 0 Å². The molecular formula is C21H26ClNO. The Morgan fingerprint density at radius 2 is 1.79 bits per heavy atom. The van der Waals surface area contributed by atoms with Gasteiger partial charge in [-0.15, -0.1) is 12.4 Å². The van der Waals surface area contributed by atoms with Gasteiger partial charge in [-0.2, -0.15) is 0 Å². The van der Waals surface area contributed by atoms with Crippen LogP contribution in [-0.4, -0.2) is 32.6 Å². The van der Waals surface area contributed by atoms with Crippen LogP contribution < -0.4 is 4.74 Å². The number of ether oxygens (including phenoxy) is 1.